The lowest BCUT2D eigenvalue weighted by molar-refractivity contribution is -0.121. The highest BCUT2D eigenvalue weighted by molar-refractivity contribution is 5.98. The minimum absolute atomic E-state index is 0.0179. The lowest BCUT2D eigenvalue weighted by atomic mass is 10.1. The van der Waals surface area contributed by atoms with Crippen molar-refractivity contribution in [1.29, 1.82) is 5.26 Å². The number of hydrogen-bond acceptors (Lipinski definition) is 4. The zero-order valence-corrected chi connectivity index (χ0v) is 11.6. The molecule has 0 aromatic heterocycles. The number of carbonyl (C=O) groups is 2. The monoisotopic (exact) mass is 290 g/mol. The Morgan fingerprint density at radius 3 is 2.67 bits per heavy atom. The summed E-state index contributed by atoms with van der Waals surface area (Å²) in [5, 5.41) is 11.5. The second-order valence-electron chi connectivity index (χ2n) is 5.01. The number of nitriles is 1. The maximum absolute atomic E-state index is 13.5. The lowest BCUT2D eigenvalue weighted by Gasteiger charge is -2.09. The molecule has 1 aliphatic carbocycles. The third-order valence-electron chi connectivity index (χ3n) is 3.40. The Hall–Kier alpha value is -2.42. The molecule has 1 saturated carbocycles. The highest BCUT2D eigenvalue weighted by Gasteiger charge is 2.44. The summed E-state index contributed by atoms with van der Waals surface area (Å²) in [6.45, 7) is 0. The number of nitrogens with zero attached hydrogens (tertiary/aromatic N) is 1. The third kappa shape index (κ3) is 3.57. The van der Waals surface area contributed by atoms with E-state index in [-0.39, 0.29) is 35.8 Å². The highest BCUT2D eigenvalue weighted by atomic mass is 19.1. The average Bonchev–Trinajstić information content (AvgIpc) is 3.24. The van der Waals surface area contributed by atoms with E-state index >= 15 is 0 Å². The van der Waals surface area contributed by atoms with Crippen LogP contribution in [0.15, 0.2) is 18.2 Å². The summed E-state index contributed by atoms with van der Waals surface area (Å²) in [5.41, 5.74) is -0.533. The molecule has 0 spiro atoms. The van der Waals surface area contributed by atoms with Gasteiger partial charge in [0.25, 0.3) is 0 Å². The minimum atomic E-state index is -0.730. The van der Waals surface area contributed by atoms with Gasteiger partial charge in [0.15, 0.2) is 17.3 Å². The third-order valence-corrected chi connectivity index (χ3v) is 3.40. The average molecular weight is 290 g/mol. The fourth-order valence-electron chi connectivity index (χ4n) is 1.93. The molecular weight excluding hydrogens is 275 g/mol. The summed E-state index contributed by atoms with van der Waals surface area (Å²) >= 11 is 0. The second-order valence-corrected chi connectivity index (χ2v) is 5.01. The van der Waals surface area contributed by atoms with Gasteiger partial charge in [-0.15, -0.1) is 0 Å². The Kier molecular flexibility index (Phi) is 4.22. The number of methoxy groups -OCH3 is 1. The van der Waals surface area contributed by atoms with E-state index in [1.54, 1.807) is 0 Å². The highest BCUT2D eigenvalue weighted by Crippen LogP contribution is 2.34. The molecule has 1 aliphatic rings. The van der Waals surface area contributed by atoms with Crippen molar-refractivity contribution in [3.8, 4) is 11.8 Å². The predicted molar refractivity (Wildman–Crippen MR) is 72.2 cm³/mol. The van der Waals surface area contributed by atoms with Crippen LogP contribution in [0.5, 0.6) is 5.75 Å². The number of carbonyl (C=O) groups excluding carboxylic acids is 2. The molecule has 0 atom stereocenters. The van der Waals surface area contributed by atoms with Crippen molar-refractivity contribution in [1.82, 2.24) is 5.32 Å². The normalized spacial score (nSPS) is 14.9. The van der Waals surface area contributed by atoms with Crippen molar-refractivity contribution < 1.29 is 18.7 Å². The molecule has 1 aromatic rings. The smallest absolute Gasteiger partial charge is 0.221 e. The number of benzene rings is 1. The first-order valence-electron chi connectivity index (χ1n) is 6.59. The first-order valence-corrected chi connectivity index (χ1v) is 6.59. The first kappa shape index (κ1) is 15.0. The molecule has 110 valence electrons. The maximum atomic E-state index is 13.5. The molecule has 1 amide bonds. The van der Waals surface area contributed by atoms with Crippen LogP contribution in [0.25, 0.3) is 0 Å². The van der Waals surface area contributed by atoms with E-state index in [2.05, 4.69) is 5.32 Å². The van der Waals surface area contributed by atoms with Crippen LogP contribution in [0.3, 0.4) is 0 Å². The van der Waals surface area contributed by atoms with Crippen LogP contribution in [-0.4, -0.2) is 24.3 Å². The fraction of sp³-hybridized carbons (Fsp3) is 0.400. The van der Waals surface area contributed by atoms with Crippen molar-refractivity contribution in [2.75, 3.05) is 7.11 Å². The van der Waals surface area contributed by atoms with Gasteiger partial charge in [-0.3, -0.25) is 9.59 Å². The van der Waals surface area contributed by atoms with Gasteiger partial charge in [0.05, 0.1) is 13.2 Å². The summed E-state index contributed by atoms with van der Waals surface area (Å²) < 4.78 is 18.3. The van der Waals surface area contributed by atoms with Gasteiger partial charge in [0, 0.05) is 18.4 Å². The summed E-state index contributed by atoms with van der Waals surface area (Å²) in [5.74, 6) is -1.21. The Labute approximate surface area is 121 Å². The van der Waals surface area contributed by atoms with Crippen LogP contribution in [0.2, 0.25) is 0 Å². The molecule has 2 rings (SSSR count). The number of hydrogen-bond donors (Lipinski definition) is 1. The zero-order chi connectivity index (χ0) is 15.5. The number of Topliss-reactive ketones (excluding diaryl/α,β-unsaturated/α-hetero) is 1. The molecule has 1 N–H and O–H groups in total. The quantitative estimate of drug-likeness (QED) is 0.812. The minimum Gasteiger partial charge on any atom is -0.494 e. The number of rotatable bonds is 6. The summed E-state index contributed by atoms with van der Waals surface area (Å²) in [4.78, 5) is 23.6. The number of halogens is 1. The topological polar surface area (TPSA) is 79.2 Å². The molecule has 0 aliphatic heterocycles. The van der Waals surface area contributed by atoms with Crippen molar-refractivity contribution in [2.45, 2.75) is 31.2 Å². The van der Waals surface area contributed by atoms with E-state index in [4.69, 9.17) is 10.00 Å². The summed E-state index contributed by atoms with van der Waals surface area (Å²) in [6, 6.07) is 5.97. The molecule has 0 radical (unpaired) electrons. The van der Waals surface area contributed by atoms with E-state index in [9.17, 15) is 14.0 Å². The van der Waals surface area contributed by atoms with Crippen LogP contribution in [0.4, 0.5) is 4.39 Å². The van der Waals surface area contributed by atoms with Gasteiger partial charge in [-0.1, -0.05) is 0 Å². The van der Waals surface area contributed by atoms with E-state index in [1.165, 1.54) is 19.2 Å². The molecule has 0 heterocycles. The van der Waals surface area contributed by atoms with Crippen molar-refractivity contribution in [2.24, 2.45) is 0 Å². The van der Waals surface area contributed by atoms with Gasteiger partial charge in [-0.2, -0.15) is 5.26 Å². The largest absolute Gasteiger partial charge is 0.494 e. The van der Waals surface area contributed by atoms with Gasteiger partial charge in [0.2, 0.25) is 5.91 Å². The van der Waals surface area contributed by atoms with Crippen LogP contribution < -0.4 is 10.1 Å². The zero-order valence-electron chi connectivity index (χ0n) is 11.6. The number of nitrogens with one attached hydrogen (secondary N) is 1. The Balaban J connectivity index is 1.88. The molecule has 5 nitrogen and oxygen atoms in total. The van der Waals surface area contributed by atoms with Gasteiger partial charge in [-0.25, -0.2) is 4.39 Å². The van der Waals surface area contributed by atoms with E-state index in [1.807, 2.05) is 6.07 Å². The standard InChI is InChI=1S/C15H15FN2O3/c1-21-13-4-2-10(8-11(13)16)12(19)3-5-14(20)18-15(9-17)6-7-15/h2,4,8H,3,5-7H2,1H3,(H,18,20). The Bertz CT molecular complexity index is 618. The summed E-state index contributed by atoms with van der Waals surface area (Å²) in [6.07, 6.45) is 1.24. The number of ether oxygens (including phenoxy) is 1. The molecule has 6 heteroatoms. The van der Waals surface area contributed by atoms with Gasteiger partial charge in [0.1, 0.15) is 5.54 Å². The molecule has 0 bridgehead atoms. The molecule has 0 unspecified atom stereocenters. The second kappa shape index (κ2) is 5.92. The molecule has 1 fully saturated rings. The van der Waals surface area contributed by atoms with Crippen molar-refractivity contribution in [3.63, 3.8) is 0 Å². The van der Waals surface area contributed by atoms with E-state index < -0.39 is 11.4 Å². The van der Waals surface area contributed by atoms with Crippen LogP contribution in [0, 0.1) is 17.1 Å². The van der Waals surface area contributed by atoms with Crippen LogP contribution >= 0.6 is 0 Å². The van der Waals surface area contributed by atoms with Gasteiger partial charge >= 0.3 is 0 Å². The Morgan fingerprint density at radius 2 is 2.14 bits per heavy atom. The molecule has 1 aromatic carbocycles. The van der Waals surface area contributed by atoms with Gasteiger partial charge in [-0.05, 0) is 31.0 Å². The molecule has 21 heavy (non-hydrogen) atoms. The van der Waals surface area contributed by atoms with E-state index in [0.29, 0.717) is 12.8 Å². The van der Waals surface area contributed by atoms with Crippen LogP contribution in [0.1, 0.15) is 36.0 Å². The van der Waals surface area contributed by atoms with E-state index in [0.717, 1.165) is 6.07 Å². The van der Waals surface area contributed by atoms with Gasteiger partial charge < -0.3 is 10.1 Å². The SMILES string of the molecule is COc1ccc(C(=O)CCC(=O)NC2(C#N)CC2)cc1F. The maximum Gasteiger partial charge on any atom is 0.221 e. The molecular formula is C15H15FN2O3. The van der Waals surface area contributed by atoms with Crippen molar-refractivity contribution in [3.05, 3.63) is 29.6 Å². The number of amides is 1. The lowest BCUT2D eigenvalue weighted by Crippen LogP contribution is -2.35. The molecule has 0 saturated heterocycles. The summed E-state index contributed by atoms with van der Waals surface area (Å²) in [7, 11) is 1.34. The predicted octanol–water partition coefficient (Wildman–Crippen LogP) is 1.97. The Morgan fingerprint density at radius 1 is 1.43 bits per heavy atom. The number of ketones is 1. The van der Waals surface area contributed by atoms with Crippen LogP contribution in [-0.2, 0) is 4.79 Å². The first-order chi connectivity index (χ1) is 9.99. The van der Waals surface area contributed by atoms with Crippen molar-refractivity contribution >= 4 is 11.7 Å². The fourth-order valence-corrected chi connectivity index (χ4v) is 1.93.